The van der Waals surface area contributed by atoms with E-state index in [1.165, 1.54) is 32.4 Å². The fourth-order valence-corrected chi connectivity index (χ4v) is 1.12. The van der Waals surface area contributed by atoms with Gasteiger partial charge < -0.3 is 15.0 Å². The van der Waals surface area contributed by atoms with Crippen LogP contribution in [0.1, 0.15) is 0 Å². The lowest BCUT2D eigenvalue weighted by molar-refractivity contribution is -0.140. The number of nitrogens with one attached hydrogen (secondary N) is 1. The number of nitrogens with zero attached hydrogens (tertiary/aromatic N) is 1. The van der Waals surface area contributed by atoms with Gasteiger partial charge in [0, 0.05) is 12.7 Å². The SMILES string of the molecule is COC(=O)CN(C)C(=O)Nc1cccc(F)c1. The molecule has 0 aromatic heterocycles. The third-order valence-corrected chi connectivity index (χ3v) is 2.02. The number of hydrogen-bond acceptors (Lipinski definition) is 3. The quantitative estimate of drug-likeness (QED) is 0.814. The molecule has 0 saturated carbocycles. The lowest BCUT2D eigenvalue weighted by atomic mass is 10.3. The third-order valence-electron chi connectivity index (χ3n) is 2.02. The van der Waals surface area contributed by atoms with Crippen LogP contribution in [-0.2, 0) is 9.53 Å². The molecule has 6 heteroatoms. The Labute approximate surface area is 98.2 Å². The summed E-state index contributed by atoms with van der Waals surface area (Å²) in [6, 6.07) is 4.97. The summed E-state index contributed by atoms with van der Waals surface area (Å²) in [4.78, 5) is 23.6. The molecule has 1 rings (SSSR count). The molecule has 0 aliphatic rings. The van der Waals surface area contributed by atoms with Crippen molar-refractivity contribution in [3.8, 4) is 0 Å². The van der Waals surface area contributed by atoms with Crippen molar-refractivity contribution in [1.82, 2.24) is 4.90 Å². The van der Waals surface area contributed by atoms with Crippen LogP contribution in [0, 0.1) is 5.82 Å². The van der Waals surface area contributed by atoms with E-state index in [0.29, 0.717) is 5.69 Å². The highest BCUT2D eigenvalue weighted by Gasteiger charge is 2.13. The van der Waals surface area contributed by atoms with Gasteiger partial charge in [-0.05, 0) is 18.2 Å². The maximum Gasteiger partial charge on any atom is 0.325 e. The summed E-state index contributed by atoms with van der Waals surface area (Å²) in [6.45, 7) is -0.169. The molecule has 0 aliphatic carbocycles. The summed E-state index contributed by atoms with van der Waals surface area (Å²) >= 11 is 0. The van der Waals surface area contributed by atoms with Gasteiger partial charge in [-0.15, -0.1) is 0 Å². The van der Waals surface area contributed by atoms with Crippen molar-refractivity contribution in [3.05, 3.63) is 30.1 Å². The number of urea groups is 1. The summed E-state index contributed by atoms with van der Waals surface area (Å²) < 4.78 is 17.3. The molecule has 2 amide bonds. The summed E-state index contributed by atoms with van der Waals surface area (Å²) in [7, 11) is 2.67. The van der Waals surface area contributed by atoms with Crippen LogP contribution in [0.5, 0.6) is 0 Å². The number of carbonyl (C=O) groups excluding carboxylic acids is 2. The van der Waals surface area contributed by atoms with Crippen LogP contribution < -0.4 is 5.32 Å². The average molecular weight is 240 g/mol. The number of ether oxygens (including phenoxy) is 1. The first kappa shape index (κ1) is 13.0. The van der Waals surface area contributed by atoms with Gasteiger partial charge in [0.05, 0.1) is 7.11 Å². The number of likely N-dealkylation sites (N-methyl/N-ethyl adjacent to an activating group) is 1. The van der Waals surface area contributed by atoms with Gasteiger partial charge in [-0.2, -0.15) is 0 Å². The number of esters is 1. The molecule has 1 aromatic carbocycles. The van der Waals surface area contributed by atoms with Crippen LogP contribution in [-0.4, -0.2) is 37.6 Å². The largest absolute Gasteiger partial charge is 0.468 e. The van der Waals surface area contributed by atoms with E-state index in [4.69, 9.17) is 0 Å². The van der Waals surface area contributed by atoms with E-state index in [9.17, 15) is 14.0 Å². The van der Waals surface area contributed by atoms with E-state index in [2.05, 4.69) is 10.1 Å². The van der Waals surface area contributed by atoms with Crippen LogP contribution in [0.4, 0.5) is 14.9 Å². The molecular formula is C11H13FN2O3. The number of halogens is 1. The minimum Gasteiger partial charge on any atom is -0.468 e. The van der Waals surface area contributed by atoms with Crippen LogP contribution in [0.25, 0.3) is 0 Å². The Balaban J connectivity index is 2.57. The Bertz CT molecular complexity index is 423. The van der Waals surface area contributed by atoms with E-state index in [-0.39, 0.29) is 6.54 Å². The number of carbonyl (C=O) groups is 2. The molecule has 0 spiro atoms. The average Bonchev–Trinajstić information content (AvgIpc) is 2.28. The highest BCUT2D eigenvalue weighted by atomic mass is 19.1. The Morgan fingerprint density at radius 3 is 2.76 bits per heavy atom. The van der Waals surface area contributed by atoms with Gasteiger partial charge in [0.1, 0.15) is 12.4 Å². The molecule has 17 heavy (non-hydrogen) atoms. The number of rotatable bonds is 3. The minimum atomic E-state index is -0.526. The van der Waals surface area contributed by atoms with Crippen molar-refractivity contribution in [2.24, 2.45) is 0 Å². The van der Waals surface area contributed by atoms with Crippen molar-refractivity contribution in [2.45, 2.75) is 0 Å². The number of anilines is 1. The summed E-state index contributed by atoms with van der Waals surface area (Å²) in [5, 5.41) is 2.45. The molecule has 0 saturated heterocycles. The highest BCUT2D eigenvalue weighted by Crippen LogP contribution is 2.09. The number of amides is 2. The van der Waals surface area contributed by atoms with Crippen LogP contribution in [0.2, 0.25) is 0 Å². The first-order valence-electron chi connectivity index (χ1n) is 4.87. The van der Waals surface area contributed by atoms with E-state index >= 15 is 0 Å². The zero-order valence-corrected chi connectivity index (χ0v) is 9.57. The lowest BCUT2D eigenvalue weighted by Gasteiger charge is -2.16. The molecule has 1 aromatic rings. The molecule has 5 nitrogen and oxygen atoms in total. The topological polar surface area (TPSA) is 58.6 Å². The van der Waals surface area contributed by atoms with E-state index in [1.807, 2.05) is 0 Å². The molecule has 0 aliphatic heterocycles. The van der Waals surface area contributed by atoms with Gasteiger partial charge in [0.15, 0.2) is 0 Å². The van der Waals surface area contributed by atoms with E-state index in [1.54, 1.807) is 6.07 Å². The second kappa shape index (κ2) is 5.83. The van der Waals surface area contributed by atoms with Gasteiger partial charge in [-0.25, -0.2) is 9.18 Å². The third kappa shape index (κ3) is 4.10. The normalized spacial score (nSPS) is 9.59. The van der Waals surface area contributed by atoms with Gasteiger partial charge >= 0.3 is 12.0 Å². The molecule has 0 bridgehead atoms. The standard InChI is InChI=1S/C11H13FN2O3/c1-14(7-10(15)17-2)11(16)13-9-5-3-4-8(12)6-9/h3-6H,7H2,1-2H3,(H,13,16). The van der Waals surface area contributed by atoms with Gasteiger partial charge in [-0.3, -0.25) is 4.79 Å². The molecule has 92 valence electrons. The molecule has 0 radical (unpaired) electrons. The number of hydrogen-bond donors (Lipinski definition) is 1. The minimum absolute atomic E-state index is 0.169. The van der Waals surface area contributed by atoms with E-state index < -0.39 is 17.8 Å². The van der Waals surface area contributed by atoms with Gasteiger partial charge in [0.25, 0.3) is 0 Å². The Morgan fingerprint density at radius 2 is 2.18 bits per heavy atom. The molecule has 0 atom stereocenters. The van der Waals surface area contributed by atoms with Crippen LogP contribution in [0.3, 0.4) is 0 Å². The van der Waals surface area contributed by atoms with Crippen molar-refractivity contribution in [2.75, 3.05) is 26.0 Å². The van der Waals surface area contributed by atoms with Crippen molar-refractivity contribution in [3.63, 3.8) is 0 Å². The van der Waals surface area contributed by atoms with Crippen molar-refractivity contribution in [1.29, 1.82) is 0 Å². The fraction of sp³-hybridized carbons (Fsp3) is 0.273. The predicted octanol–water partition coefficient (Wildman–Crippen LogP) is 1.46. The van der Waals surface area contributed by atoms with E-state index in [0.717, 1.165) is 4.90 Å². The zero-order valence-electron chi connectivity index (χ0n) is 9.57. The molecule has 0 heterocycles. The monoisotopic (exact) mass is 240 g/mol. The smallest absolute Gasteiger partial charge is 0.325 e. The van der Waals surface area contributed by atoms with Crippen molar-refractivity contribution < 1.29 is 18.7 Å². The predicted molar refractivity (Wildman–Crippen MR) is 60.1 cm³/mol. The van der Waals surface area contributed by atoms with Gasteiger partial charge in [0.2, 0.25) is 0 Å². The zero-order chi connectivity index (χ0) is 12.8. The Hall–Kier alpha value is -2.11. The molecule has 1 N–H and O–H groups in total. The van der Waals surface area contributed by atoms with Gasteiger partial charge in [-0.1, -0.05) is 6.07 Å². The maximum absolute atomic E-state index is 12.8. The number of benzene rings is 1. The van der Waals surface area contributed by atoms with Crippen molar-refractivity contribution >= 4 is 17.7 Å². The maximum atomic E-state index is 12.8. The molecule has 0 unspecified atom stereocenters. The second-order valence-electron chi connectivity index (χ2n) is 3.37. The van der Waals surface area contributed by atoms with Crippen LogP contribution in [0.15, 0.2) is 24.3 Å². The first-order chi connectivity index (χ1) is 8.02. The van der Waals surface area contributed by atoms with Crippen LogP contribution >= 0.6 is 0 Å². The Morgan fingerprint density at radius 1 is 1.47 bits per heavy atom. The second-order valence-corrected chi connectivity index (χ2v) is 3.37. The molecule has 0 fully saturated rings. The summed E-state index contributed by atoms with van der Waals surface area (Å²) in [6.07, 6.45) is 0. The lowest BCUT2D eigenvalue weighted by Crippen LogP contribution is -2.35. The fourth-order valence-electron chi connectivity index (χ4n) is 1.12. The highest BCUT2D eigenvalue weighted by molar-refractivity contribution is 5.91. The Kier molecular flexibility index (Phi) is 4.45. The number of methoxy groups -OCH3 is 1. The molecular weight excluding hydrogens is 227 g/mol. The summed E-state index contributed by atoms with van der Waals surface area (Å²) in [5.41, 5.74) is 0.326. The first-order valence-corrected chi connectivity index (χ1v) is 4.87. The summed E-state index contributed by atoms with van der Waals surface area (Å²) in [5.74, 6) is -0.972.